The average molecular weight is 403 g/mol. The smallest absolute Gasteiger partial charge is 0.193 e. The van der Waals surface area contributed by atoms with Crippen LogP contribution in [0.15, 0.2) is 71.9 Å². The minimum absolute atomic E-state index is 0.272. The Morgan fingerprint density at radius 3 is 2.67 bits per heavy atom. The quantitative estimate of drug-likeness (QED) is 0.494. The normalized spacial score (nSPS) is 15.4. The van der Waals surface area contributed by atoms with E-state index in [1.165, 1.54) is 10.9 Å². The lowest BCUT2D eigenvalue weighted by atomic mass is 10.1. The number of pyridine rings is 1. The van der Waals surface area contributed by atoms with Crippen molar-refractivity contribution in [2.75, 3.05) is 26.2 Å². The van der Waals surface area contributed by atoms with Crippen LogP contribution in [-0.2, 0) is 6.42 Å². The van der Waals surface area contributed by atoms with Gasteiger partial charge in [-0.25, -0.2) is 0 Å². The summed E-state index contributed by atoms with van der Waals surface area (Å²) in [5.41, 5.74) is 2.33. The van der Waals surface area contributed by atoms with E-state index in [9.17, 15) is 0 Å². The number of fused-ring (bicyclic) bond motifs is 1. The van der Waals surface area contributed by atoms with Crippen molar-refractivity contribution < 1.29 is 4.74 Å². The van der Waals surface area contributed by atoms with Crippen LogP contribution in [0.1, 0.15) is 25.3 Å². The molecule has 0 saturated carbocycles. The van der Waals surface area contributed by atoms with Gasteiger partial charge in [-0.3, -0.25) is 9.98 Å². The molecule has 0 spiro atoms. The largest absolute Gasteiger partial charge is 0.490 e. The Morgan fingerprint density at radius 1 is 1.07 bits per heavy atom. The summed E-state index contributed by atoms with van der Waals surface area (Å²) in [6.45, 7) is 5.65. The molecule has 1 N–H and O–H groups in total. The first-order valence-corrected chi connectivity index (χ1v) is 10.9. The molecule has 1 aromatic heterocycles. The van der Waals surface area contributed by atoms with Crippen LogP contribution < -0.4 is 10.1 Å². The minimum atomic E-state index is 0.272. The first-order valence-electron chi connectivity index (χ1n) is 10.9. The number of likely N-dealkylation sites (tertiary alicyclic amines) is 1. The molecule has 5 heteroatoms. The monoisotopic (exact) mass is 402 g/mol. The van der Waals surface area contributed by atoms with Crippen molar-refractivity contribution in [2.24, 2.45) is 4.99 Å². The van der Waals surface area contributed by atoms with E-state index in [-0.39, 0.29) is 6.10 Å². The fraction of sp³-hybridized carbons (Fsp3) is 0.360. The number of hydrogen-bond acceptors (Lipinski definition) is 3. The van der Waals surface area contributed by atoms with E-state index >= 15 is 0 Å². The van der Waals surface area contributed by atoms with Crippen molar-refractivity contribution in [3.63, 3.8) is 0 Å². The van der Waals surface area contributed by atoms with Crippen LogP contribution in [0.5, 0.6) is 5.75 Å². The molecule has 156 valence electrons. The van der Waals surface area contributed by atoms with Crippen molar-refractivity contribution in [2.45, 2.75) is 32.3 Å². The lowest BCUT2D eigenvalue weighted by Gasteiger charge is -2.34. The molecule has 0 atom stereocenters. The van der Waals surface area contributed by atoms with Crippen LogP contribution in [0.3, 0.4) is 0 Å². The molecule has 1 aliphatic rings. The summed E-state index contributed by atoms with van der Waals surface area (Å²) < 4.78 is 6.13. The van der Waals surface area contributed by atoms with Gasteiger partial charge in [0.15, 0.2) is 5.96 Å². The first-order chi connectivity index (χ1) is 14.8. The topological polar surface area (TPSA) is 49.8 Å². The number of rotatable bonds is 6. The van der Waals surface area contributed by atoms with E-state index < -0.39 is 0 Å². The molecule has 2 aromatic carbocycles. The van der Waals surface area contributed by atoms with Gasteiger partial charge in [-0.1, -0.05) is 42.5 Å². The maximum atomic E-state index is 6.13. The molecule has 0 amide bonds. The van der Waals surface area contributed by atoms with Gasteiger partial charge in [-0.2, -0.15) is 0 Å². The van der Waals surface area contributed by atoms with Crippen molar-refractivity contribution in [3.8, 4) is 5.75 Å². The number of benzene rings is 2. The second-order valence-corrected chi connectivity index (χ2v) is 7.60. The summed E-state index contributed by atoms with van der Waals surface area (Å²) in [6, 6.07) is 20.6. The van der Waals surface area contributed by atoms with Crippen molar-refractivity contribution in [3.05, 3.63) is 72.4 Å². The summed E-state index contributed by atoms with van der Waals surface area (Å²) >= 11 is 0. The summed E-state index contributed by atoms with van der Waals surface area (Å²) in [5.74, 6) is 1.96. The highest BCUT2D eigenvalue weighted by Gasteiger charge is 2.22. The van der Waals surface area contributed by atoms with Gasteiger partial charge in [0.2, 0.25) is 0 Å². The summed E-state index contributed by atoms with van der Waals surface area (Å²) in [4.78, 5) is 11.8. The van der Waals surface area contributed by atoms with Gasteiger partial charge >= 0.3 is 0 Å². The molecular formula is C25H30N4O. The van der Waals surface area contributed by atoms with Crippen molar-refractivity contribution in [1.29, 1.82) is 0 Å². The van der Waals surface area contributed by atoms with E-state index in [0.717, 1.165) is 62.7 Å². The van der Waals surface area contributed by atoms with Crippen LogP contribution in [0.25, 0.3) is 10.9 Å². The number of guanidine groups is 1. The third kappa shape index (κ3) is 5.09. The maximum absolute atomic E-state index is 6.13. The molecule has 1 fully saturated rings. The highest BCUT2D eigenvalue weighted by atomic mass is 16.5. The molecule has 2 heterocycles. The first kappa shape index (κ1) is 20.2. The molecule has 30 heavy (non-hydrogen) atoms. The number of ether oxygens (including phenoxy) is 1. The molecule has 0 bridgehead atoms. The van der Waals surface area contributed by atoms with Crippen molar-refractivity contribution >= 4 is 16.9 Å². The third-order valence-corrected chi connectivity index (χ3v) is 5.48. The Bertz CT molecular complexity index is 960. The number of aliphatic imine (C=N–C) groups is 1. The Balaban J connectivity index is 1.35. The predicted octanol–water partition coefficient (Wildman–Crippen LogP) is 4.29. The average Bonchev–Trinajstić information content (AvgIpc) is 2.80. The van der Waals surface area contributed by atoms with Gasteiger partial charge in [0.05, 0.1) is 5.52 Å². The van der Waals surface area contributed by atoms with Gasteiger partial charge < -0.3 is 15.0 Å². The van der Waals surface area contributed by atoms with Gasteiger partial charge in [-0.15, -0.1) is 0 Å². The van der Waals surface area contributed by atoms with Crippen LogP contribution >= 0.6 is 0 Å². The highest BCUT2D eigenvalue weighted by molar-refractivity contribution is 5.82. The Labute approximate surface area is 178 Å². The Morgan fingerprint density at radius 2 is 1.87 bits per heavy atom. The number of nitrogens with one attached hydrogen (secondary N) is 1. The van der Waals surface area contributed by atoms with Gasteiger partial charge in [0.1, 0.15) is 11.9 Å². The molecule has 4 rings (SSSR count). The van der Waals surface area contributed by atoms with E-state index in [0.29, 0.717) is 0 Å². The van der Waals surface area contributed by atoms with E-state index in [1.807, 2.05) is 42.6 Å². The lowest BCUT2D eigenvalue weighted by molar-refractivity contribution is 0.129. The number of piperidine rings is 1. The molecule has 0 unspecified atom stereocenters. The van der Waals surface area contributed by atoms with Crippen LogP contribution in [0.2, 0.25) is 0 Å². The minimum Gasteiger partial charge on any atom is -0.490 e. The second kappa shape index (κ2) is 10.1. The Hall–Kier alpha value is -3.08. The number of hydrogen-bond donors (Lipinski definition) is 1. The molecule has 1 aliphatic heterocycles. The van der Waals surface area contributed by atoms with E-state index in [1.54, 1.807) is 0 Å². The zero-order valence-corrected chi connectivity index (χ0v) is 17.6. The molecule has 0 radical (unpaired) electrons. The zero-order valence-electron chi connectivity index (χ0n) is 17.6. The van der Waals surface area contributed by atoms with Gasteiger partial charge in [-0.05, 0) is 37.1 Å². The molecule has 0 aliphatic carbocycles. The van der Waals surface area contributed by atoms with E-state index in [2.05, 4.69) is 46.4 Å². The highest BCUT2D eigenvalue weighted by Crippen LogP contribution is 2.19. The van der Waals surface area contributed by atoms with E-state index in [4.69, 9.17) is 9.73 Å². The second-order valence-electron chi connectivity index (χ2n) is 7.60. The molecule has 3 aromatic rings. The molecular weight excluding hydrogens is 372 g/mol. The fourth-order valence-electron chi connectivity index (χ4n) is 3.95. The SMILES string of the molecule is CCNC(=NCCc1cccc2cccnc12)N1CCC(Oc2ccccc2)CC1. The van der Waals surface area contributed by atoms with Crippen LogP contribution in [-0.4, -0.2) is 48.1 Å². The van der Waals surface area contributed by atoms with Gasteiger partial charge in [0, 0.05) is 50.6 Å². The third-order valence-electron chi connectivity index (χ3n) is 5.48. The van der Waals surface area contributed by atoms with Crippen LogP contribution in [0.4, 0.5) is 0 Å². The number of aromatic nitrogens is 1. The molecule has 1 saturated heterocycles. The van der Waals surface area contributed by atoms with Crippen LogP contribution in [0, 0.1) is 0 Å². The fourth-order valence-corrected chi connectivity index (χ4v) is 3.95. The summed E-state index contributed by atoms with van der Waals surface area (Å²) in [7, 11) is 0. The maximum Gasteiger partial charge on any atom is 0.193 e. The predicted molar refractivity (Wildman–Crippen MR) is 123 cm³/mol. The summed E-state index contributed by atoms with van der Waals surface area (Å²) in [6.07, 6.45) is 5.03. The lowest BCUT2D eigenvalue weighted by Crippen LogP contribution is -2.47. The zero-order chi connectivity index (χ0) is 20.6. The number of para-hydroxylation sites is 2. The molecule has 5 nitrogen and oxygen atoms in total. The Kier molecular flexibility index (Phi) is 6.80. The standard InChI is InChI=1S/C25H30N4O/c1-2-26-25(28-17-13-21-9-6-8-20-10-7-16-27-24(20)21)29-18-14-23(15-19-29)30-22-11-4-3-5-12-22/h3-12,16,23H,2,13-15,17-19H2,1H3,(H,26,28). The van der Waals surface area contributed by atoms with Gasteiger partial charge in [0.25, 0.3) is 0 Å². The summed E-state index contributed by atoms with van der Waals surface area (Å²) in [5, 5.41) is 4.65. The number of nitrogens with zero attached hydrogens (tertiary/aromatic N) is 3. The van der Waals surface area contributed by atoms with Crippen molar-refractivity contribution in [1.82, 2.24) is 15.2 Å².